The average Bonchev–Trinajstić information content (AvgIpc) is 3.25. The predicted octanol–water partition coefficient (Wildman–Crippen LogP) is 6.68. The summed E-state index contributed by atoms with van der Waals surface area (Å²) in [6, 6.07) is 28.4. The van der Waals surface area contributed by atoms with Crippen LogP contribution in [0.3, 0.4) is 0 Å². The van der Waals surface area contributed by atoms with E-state index in [1.807, 2.05) is 72.2 Å². The lowest BCUT2D eigenvalue weighted by molar-refractivity contribution is 0.0931. The third kappa shape index (κ3) is 4.90. The summed E-state index contributed by atoms with van der Waals surface area (Å²) >= 11 is 0. The zero-order valence-electron chi connectivity index (χ0n) is 19.6. The second-order valence-electron chi connectivity index (χ2n) is 8.30. The zero-order valence-corrected chi connectivity index (χ0v) is 19.6. The van der Waals surface area contributed by atoms with Gasteiger partial charge in [-0.15, -0.1) is 0 Å². The van der Waals surface area contributed by atoms with Crippen LogP contribution in [0.5, 0.6) is 0 Å². The molecule has 1 atom stereocenters. The highest BCUT2D eigenvalue weighted by Gasteiger charge is 2.25. The third-order valence-corrected chi connectivity index (χ3v) is 5.94. The van der Waals surface area contributed by atoms with Gasteiger partial charge >= 0.3 is 0 Å². The zero-order chi connectivity index (χ0) is 23.2. The largest absolute Gasteiger partial charge is 0.344 e. The van der Waals surface area contributed by atoms with Gasteiger partial charge in [0.25, 0.3) is 5.91 Å². The number of hydrogen-bond donors (Lipinski definition) is 1. The van der Waals surface area contributed by atoms with E-state index < -0.39 is 0 Å². The Morgan fingerprint density at radius 1 is 0.879 bits per heavy atom. The number of nitrogens with one attached hydrogen (secondary N) is 1. The van der Waals surface area contributed by atoms with Crippen molar-refractivity contribution in [1.82, 2.24) is 14.9 Å². The van der Waals surface area contributed by atoms with Crippen molar-refractivity contribution in [3.63, 3.8) is 0 Å². The number of imidazole rings is 1. The molecule has 0 bridgehead atoms. The quantitative estimate of drug-likeness (QED) is 0.334. The van der Waals surface area contributed by atoms with E-state index in [0.29, 0.717) is 12.2 Å². The van der Waals surface area contributed by atoms with Crippen LogP contribution in [0.1, 0.15) is 54.8 Å². The van der Waals surface area contributed by atoms with Crippen LogP contribution in [0.4, 0.5) is 0 Å². The molecule has 1 N–H and O–H groups in total. The van der Waals surface area contributed by atoms with Crippen LogP contribution in [0, 0.1) is 0 Å². The van der Waals surface area contributed by atoms with Gasteiger partial charge in [0.1, 0.15) is 17.2 Å². The van der Waals surface area contributed by atoms with Crippen molar-refractivity contribution in [3.05, 3.63) is 102 Å². The smallest absolute Gasteiger partial charge is 0.270 e. The molecule has 0 radical (unpaired) electrons. The maximum Gasteiger partial charge on any atom is 0.270 e. The van der Waals surface area contributed by atoms with Crippen molar-refractivity contribution in [2.24, 2.45) is 0 Å². The summed E-state index contributed by atoms with van der Waals surface area (Å²) in [5.41, 5.74) is 5.64. The molecule has 4 rings (SSSR count). The van der Waals surface area contributed by atoms with Crippen LogP contribution in [-0.2, 0) is 13.0 Å². The minimum absolute atomic E-state index is 0.112. The maximum atomic E-state index is 13.6. The summed E-state index contributed by atoms with van der Waals surface area (Å²) in [6.07, 6.45) is 2.15. The fourth-order valence-corrected chi connectivity index (χ4v) is 4.21. The summed E-state index contributed by atoms with van der Waals surface area (Å²) in [5.74, 6) is 0.693. The number of amides is 1. The minimum Gasteiger partial charge on any atom is -0.344 e. The standard InChI is InChI=1S/C29H31N3O/c1-4-12-22-17-19-24(20-18-22)26-27(29(33)30-21(3)23-13-8-6-9-14-23)32(5-2)28(31-26)25-15-10-7-11-16-25/h6-11,13-21H,4-5,12H2,1-3H3,(H,30,33)/t21-/m0/s1. The van der Waals surface area contributed by atoms with Crippen LogP contribution >= 0.6 is 0 Å². The highest BCUT2D eigenvalue weighted by atomic mass is 16.2. The Morgan fingerprint density at radius 2 is 1.52 bits per heavy atom. The second-order valence-corrected chi connectivity index (χ2v) is 8.30. The predicted molar refractivity (Wildman–Crippen MR) is 135 cm³/mol. The Morgan fingerprint density at radius 3 is 2.12 bits per heavy atom. The SMILES string of the molecule is CCCc1ccc(-c2nc(-c3ccccc3)n(CC)c2C(=O)N[C@@H](C)c2ccccc2)cc1. The van der Waals surface area contributed by atoms with E-state index in [1.54, 1.807) is 0 Å². The number of carbonyl (C=O) groups is 1. The first-order chi connectivity index (χ1) is 16.1. The van der Waals surface area contributed by atoms with E-state index in [2.05, 4.69) is 43.4 Å². The molecule has 3 aromatic carbocycles. The van der Waals surface area contributed by atoms with Gasteiger partial charge in [-0.1, -0.05) is 98.3 Å². The van der Waals surface area contributed by atoms with Crippen molar-refractivity contribution in [2.45, 2.75) is 46.2 Å². The van der Waals surface area contributed by atoms with Crippen LogP contribution in [0.15, 0.2) is 84.9 Å². The normalized spacial score (nSPS) is 11.8. The van der Waals surface area contributed by atoms with E-state index in [1.165, 1.54) is 5.56 Å². The monoisotopic (exact) mass is 437 g/mol. The Hall–Kier alpha value is -3.66. The third-order valence-electron chi connectivity index (χ3n) is 5.94. The van der Waals surface area contributed by atoms with Gasteiger partial charge in [-0.2, -0.15) is 0 Å². The van der Waals surface area contributed by atoms with Crippen LogP contribution < -0.4 is 5.32 Å². The van der Waals surface area contributed by atoms with E-state index >= 15 is 0 Å². The Kier molecular flexibility index (Phi) is 7.04. The summed E-state index contributed by atoms with van der Waals surface area (Å²) in [4.78, 5) is 18.6. The molecule has 0 fully saturated rings. The molecule has 4 heteroatoms. The topological polar surface area (TPSA) is 46.9 Å². The molecule has 0 spiro atoms. The molecule has 0 aliphatic rings. The minimum atomic E-state index is -0.115. The maximum absolute atomic E-state index is 13.6. The molecule has 4 aromatic rings. The molecule has 4 nitrogen and oxygen atoms in total. The molecule has 0 aliphatic carbocycles. The Balaban J connectivity index is 1.79. The average molecular weight is 438 g/mol. The lowest BCUT2D eigenvalue weighted by Gasteiger charge is -2.16. The molecule has 1 aromatic heterocycles. The molecule has 168 valence electrons. The van der Waals surface area contributed by atoms with Crippen molar-refractivity contribution in [1.29, 1.82) is 0 Å². The van der Waals surface area contributed by atoms with Gasteiger partial charge in [0, 0.05) is 17.7 Å². The first kappa shape index (κ1) is 22.5. The summed E-state index contributed by atoms with van der Waals surface area (Å²) < 4.78 is 2.03. The van der Waals surface area contributed by atoms with Crippen LogP contribution in [-0.4, -0.2) is 15.5 Å². The van der Waals surface area contributed by atoms with E-state index in [0.717, 1.165) is 41.1 Å². The van der Waals surface area contributed by atoms with Gasteiger partial charge < -0.3 is 9.88 Å². The fraction of sp³-hybridized carbons (Fsp3) is 0.241. The van der Waals surface area contributed by atoms with Crippen LogP contribution in [0.25, 0.3) is 22.6 Å². The van der Waals surface area contributed by atoms with Crippen molar-refractivity contribution in [2.75, 3.05) is 0 Å². The number of aromatic nitrogens is 2. The number of hydrogen-bond acceptors (Lipinski definition) is 2. The lowest BCUT2D eigenvalue weighted by atomic mass is 10.0. The van der Waals surface area contributed by atoms with Gasteiger partial charge in [0.2, 0.25) is 0 Å². The van der Waals surface area contributed by atoms with Gasteiger partial charge in [-0.05, 0) is 31.4 Å². The highest BCUT2D eigenvalue weighted by molar-refractivity contribution is 5.99. The molecule has 33 heavy (non-hydrogen) atoms. The van der Waals surface area contributed by atoms with Gasteiger partial charge in [-0.3, -0.25) is 4.79 Å². The summed E-state index contributed by atoms with van der Waals surface area (Å²) in [7, 11) is 0. The van der Waals surface area contributed by atoms with Crippen molar-refractivity contribution in [3.8, 4) is 22.6 Å². The number of benzene rings is 3. The van der Waals surface area contributed by atoms with E-state index in [4.69, 9.17) is 4.98 Å². The van der Waals surface area contributed by atoms with Crippen LogP contribution in [0.2, 0.25) is 0 Å². The van der Waals surface area contributed by atoms with E-state index in [9.17, 15) is 4.79 Å². The first-order valence-electron chi connectivity index (χ1n) is 11.7. The second kappa shape index (κ2) is 10.3. The Bertz CT molecular complexity index is 1200. The first-order valence-corrected chi connectivity index (χ1v) is 11.7. The Labute approximate surface area is 196 Å². The van der Waals surface area contributed by atoms with Crippen molar-refractivity contribution < 1.29 is 4.79 Å². The highest BCUT2D eigenvalue weighted by Crippen LogP contribution is 2.30. The summed E-state index contributed by atoms with van der Waals surface area (Å²) in [5, 5.41) is 3.19. The fourth-order valence-electron chi connectivity index (χ4n) is 4.21. The number of rotatable bonds is 8. The van der Waals surface area contributed by atoms with Gasteiger partial charge in [-0.25, -0.2) is 4.98 Å². The van der Waals surface area contributed by atoms with Gasteiger partial charge in [0.05, 0.1) is 6.04 Å². The van der Waals surface area contributed by atoms with Gasteiger partial charge in [0.15, 0.2) is 0 Å². The molecule has 1 amide bonds. The molecule has 0 unspecified atom stereocenters. The lowest BCUT2D eigenvalue weighted by Crippen LogP contribution is -2.29. The van der Waals surface area contributed by atoms with Crippen molar-refractivity contribution >= 4 is 5.91 Å². The molecule has 0 saturated carbocycles. The summed E-state index contributed by atoms with van der Waals surface area (Å²) in [6.45, 7) is 6.89. The number of carbonyl (C=O) groups excluding carboxylic acids is 1. The number of nitrogens with zero attached hydrogens (tertiary/aromatic N) is 2. The number of aryl methyl sites for hydroxylation is 1. The molecular formula is C29H31N3O. The molecule has 0 aliphatic heterocycles. The van der Waals surface area contributed by atoms with E-state index in [-0.39, 0.29) is 11.9 Å². The molecule has 1 heterocycles. The molecule has 0 saturated heterocycles. The molecular weight excluding hydrogens is 406 g/mol.